The average Bonchev–Trinajstić information content (AvgIpc) is 2.98. The summed E-state index contributed by atoms with van der Waals surface area (Å²) < 4.78 is 0. The summed E-state index contributed by atoms with van der Waals surface area (Å²) >= 11 is 0. The molecular formula is C10H16N4. The van der Waals surface area contributed by atoms with Crippen molar-refractivity contribution in [3.8, 4) is 0 Å². The molecule has 0 spiro atoms. The SMILES string of the molecule is c1c(N2CCNCC2)n[nH]c1C1CC1. The van der Waals surface area contributed by atoms with Gasteiger partial charge >= 0.3 is 0 Å². The number of hydrogen-bond acceptors (Lipinski definition) is 3. The van der Waals surface area contributed by atoms with Crippen LogP contribution in [-0.2, 0) is 0 Å². The molecule has 2 fully saturated rings. The van der Waals surface area contributed by atoms with Crippen LogP contribution in [0.2, 0.25) is 0 Å². The Morgan fingerprint density at radius 1 is 1.29 bits per heavy atom. The van der Waals surface area contributed by atoms with E-state index < -0.39 is 0 Å². The van der Waals surface area contributed by atoms with Crippen LogP contribution in [0.3, 0.4) is 0 Å². The molecule has 3 rings (SSSR count). The summed E-state index contributed by atoms with van der Waals surface area (Å²) in [5, 5.41) is 10.9. The number of nitrogens with one attached hydrogen (secondary N) is 2. The highest BCUT2D eigenvalue weighted by molar-refractivity contribution is 5.41. The minimum absolute atomic E-state index is 0.777. The first-order valence-corrected chi connectivity index (χ1v) is 5.44. The number of nitrogens with zero attached hydrogens (tertiary/aromatic N) is 2. The Morgan fingerprint density at radius 3 is 2.79 bits per heavy atom. The molecule has 2 heterocycles. The first-order valence-electron chi connectivity index (χ1n) is 5.44. The molecule has 0 radical (unpaired) electrons. The number of anilines is 1. The Kier molecular flexibility index (Phi) is 1.94. The second kappa shape index (κ2) is 3.28. The predicted octanol–water partition coefficient (Wildman–Crippen LogP) is 0.697. The van der Waals surface area contributed by atoms with Gasteiger partial charge in [-0.05, 0) is 12.8 Å². The van der Waals surface area contributed by atoms with E-state index in [4.69, 9.17) is 0 Å². The van der Waals surface area contributed by atoms with Crippen molar-refractivity contribution in [2.24, 2.45) is 0 Å². The Balaban J connectivity index is 1.74. The van der Waals surface area contributed by atoms with E-state index in [0.29, 0.717) is 0 Å². The van der Waals surface area contributed by atoms with Gasteiger partial charge in [0.05, 0.1) is 0 Å². The van der Waals surface area contributed by atoms with Gasteiger partial charge < -0.3 is 10.2 Å². The molecule has 1 aliphatic heterocycles. The van der Waals surface area contributed by atoms with E-state index >= 15 is 0 Å². The van der Waals surface area contributed by atoms with Gasteiger partial charge in [-0.3, -0.25) is 5.10 Å². The fourth-order valence-corrected chi connectivity index (χ4v) is 1.98. The molecule has 0 amide bonds. The van der Waals surface area contributed by atoms with E-state index in [1.165, 1.54) is 18.5 Å². The number of hydrogen-bond donors (Lipinski definition) is 2. The Labute approximate surface area is 83.7 Å². The third-order valence-corrected chi connectivity index (χ3v) is 3.04. The Hall–Kier alpha value is -1.03. The molecule has 1 aromatic heterocycles. The molecule has 0 unspecified atom stereocenters. The van der Waals surface area contributed by atoms with E-state index in [1.807, 2.05) is 0 Å². The number of rotatable bonds is 2. The van der Waals surface area contributed by atoms with Gasteiger partial charge in [0.25, 0.3) is 0 Å². The van der Waals surface area contributed by atoms with Gasteiger partial charge in [-0.25, -0.2) is 0 Å². The molecule has 76 valence electrons. The van der Waals surface area contributed by atoms with Crippen LogP contribution in [0.4, 0.5) is 5.82 Å². The van der Waals surface area contributed by atoms with Gasteiger partial charge in [-0.1, -0.05) is 0 Å². The zero-order chi connectivity index (χ0) is 9.38. The van der Waals surface area contributed by atoms with E-state index in [0.717, 1.165) is 37.9 Å². The van der Waals surface area contributed by atoms with Crippen molar-refractivity contribution in [3.05, 3.63) is 11.8 Å². The van der Waals surface area contributed by atoms with Gasteiger partial charge in [0.1, 0.15) is 0 Å². The van der Waals surface area contributed by atoms with Crippen molar-refractivity contribution in [3.63, 3.8) is 0 Å². The molecule has 0 aromatic carbocycles. The van der Waals surface area contributed by atoms with Crippen LogP contribution in [0, 0.1) is 0 Å². The van der Waals surface area contributed by atoms with E-state index in [1.54, 1.807) is 0 Å². The zero-order valence-electron chi connectivity index (χ0n) is 8.29. The quantitative estimate of drug-likeness (QED) is 0.725. The third kappa shape index (κ3) is 1.50. The number of piperazine rings is 1. The molecule has 14 heavy (non-hydrogen) atoms. The lowest BCUT2D eigenvalue weighted by Crippen LogP contribution is -2.43. The average molecular weight is 192 g/mol. The van der Waals surface area contributed by atoms with E-state index in [2.05, 4.69) is 26.5 Å². The van der Waals surface area contributed by atoms with Crippen molar-refractivity contribution in [2.75, 3.05) is 31.1 Å². The molecule has 1 aromatic rings. The molecule has 4 heteroatoms. The fourth-order valence-electron chi connectivity index (χ4n) is 1.98. The highest BCUT2D eigenvalue weighted by atomic mass is 15.3. The minimum Gasteiger partial charge on any atom is -0.353 e. The maximum atomic E-state index is 4.37. The van der Waals surface area contributed by atoms with Crippen LogP contribution >= 0.6 is 0 Å². The Morgan fingerprint density at radius 2 is 2.07 bits per heavy atom. The number of aromatic amines is 1. The van der Waals surface area contributed by atoms with Crippen molar-refractivity contribution in [1.82, 2.24) is 15.5 Å². The molecule has 1 saturated carbocycles. The lowest BCUT2D eigenvalue weighted by molar-refractivity contribution is 0.584. The highest BCUT2D eigenvalue weighted by Crippen LogP contribution is 2.39. The molecule has 0 bridgehead atoms. The second-order valence-electron chi connectivity index (χ2n) is 4.19. The molecule has 1 saturated heterocycles. The van der Waals surface area contributed by atoms with Crippen molar-refractivity contribution >= 4 is 5.82 Å². The first-order chi connectivity index (χ1) is 6.93. The van der Waals surface area contributed by atoms with Crippen LogP contribution in [0.1, 0.15) is 24.5 Å². The Bertz CT molecular complexity index is 310. The normalized spacial score (nSPS) is 22.7. The molecule has 0 atom stereocenters. The van der Waals surface area contributed by atoms with Gasteiger partial charge in [-0.15, -0.1) is 0 Å². The maximum absolute atomic E-state index is 4.37. The van der Waals surface area contributed by atoms with Crippen LogP contribution in [0.15, 0.2) is 6.07 Å². The lowest BCUT2D eigenvalue weighted by Gasteiger charge is -2.26. The van der Waals surface area contributed by atoms with E-state index in [-0.39, 0.29) is 0 Å². The first kappa shape index (κ1) is 8.29. The van der Waals surface area contributed by atoms with Crippen molar-refractivity contribution in [2.45, 2.75) is 18.8 Å². The van der Waals surface area contributed by atoms with Crippen molar-refractivity contribution < 1.29 is 0 Å². The zero-order valence-corrected chi connectivity index (χ0v) is 8.29. The standard InChI is InChI=1S/C10H16N4/c1-2-8(1)9-7-10(13-12-9)14-5-3-11-4-6-14/h7-8,11H,1-6H2,(H,12,13). The molecule has 4 nitrogen and oxygen atoms in total. The smallest absolute Gasteiger partial charge is 0.150 e. The summed E-state index contributed by atoms with van der Waals surface area (Å²) in [6.07, 6.45) is 2.67. The van der Waals surface area contributed by atoms with Gasteiger partial charge in [0.15, 0.2) is 5.82 Å². The maximum Gasteiger partial charge on any atom is 0.150 e. The summed E-state index contributed by atoms with van der Waals surface area (Å²) in [5.41, 5.74) is 1.33. The van der Waals surface area contributed by atoms with Crippen LogP contribution < -0.4 is 10.2 Å². The number of aromatic nitrogens is 2. The van der Waals surface area contributed by atoms with E-state index in [9.17, 15) is 0 Å². The summed E-state index contributed by atoms with van der Waals surface area (Å²) in [7, 11) is 0. The van der Waals surface area contributed by atoms with Crippen LogP contribution in [-0.4, -0.2) is 36.4 Å². The summed E-state index contributed by atoms with van der Waals surface area (Å²) in [6, 6.07) is 2.23. The summed E-state index contributed by atoms with van der Waals surface area (Å²) in [5.74, 6) is 1.91. The monoisotopic (exact) mass is 192 g/mol. The molecule has 2 aliphatic rings. The minimum atomic E-state index is 0.777. The molecule has 2 N–H and O–H groups in total. The lowest BCUT2D eigenvalue weighted by atomic mass is 10.3. The molecular weight excluding hydrogens is 176 g/mol. The second-order valence-corrected chi connectivity index (χ2v) is 4.19. The largest absolute Gasteiger partial charge is 0.353 e. The van der Waals surface area contributed by atoms with Crippen molar-refractivity contribution in [1.29, 1.82) is 0 Å². The van der Waals surface area contributed by atoms with Gasteiger partial charge in [0.2, 0.25) is 0 Å². The van der Waals surface area contributed by atoms with Crippen LogP contribution in [0.25, 0.3) is 0 Å². The third-order valence-electron chi connectivity index (χ3n) is 3.04. The van der Waals surface area contributed by atoms with Crippen LogP contribution in [0.5, 0.6) is 0 Å². The predicted molar refractivity (Wildman–Crippen MR) is 55.6 cm³/mol. The summed E-state index contributed by atoms with van der Waals surface area (Å²) in [6.45, 7) is 4.31. The highest BCUT2D eigenvalue weighted by Gasteiger charge is 2.26. The van der Waals surface area contributed by atoms with Gasteiger partial charge in [-0.2, -0.15) is 5.10 Å². The topological polar surface area (TPSA) is 44.0 Å². The fraction of sp³-hybridized carbons (Fsp3) is 0.700. The van der Waals surface area contributed by atoms with Gasteiger partial charge in [0, 0.05) is 43.9 Å². The molecule has 1 aliphatic carbocycles. The summed E-state index contributed by atoms with van der Waals surface area (Å²) in [4.78, 5) is 2.35. The number of H-pyrrole nitrogens is 1.